The molecule has 0 saturated heterocycles. The van der Waals surface area contributed by atoms with Crippen LogP contribution in [0.5, 0.6) is 5.75 Å². The number of alkyl carbamates (subject to hydrolysis) is 1. The van der Waals surface area contributed by atoms with E-state index >= 15 is 0 Å². The molecule has 2 aromatic carbocycles. The monoisotopic (exact) mass is 399 g/mol. The summed E-state index contributed by atoms with van der Waals surface area (Å²) in [5, 5.41) is 11.2. The van der Waals surface area contributed by atoms with Gasteiger partial charge in [-0.2, -0.15) is 0 Å². The van der Waals surface area contributed by atoms with Gasteiger partial charge in [0.1, 0.15) is 5.75 Å². The van der Waals surface area contributed by atoms with E-state index in [9.17, 15) is 19.5 Å². The molecule has 7 heteroatoms. The van der Waals surface area contributed by atoms with Crippen LogP contribution in [0.25, 0.3) is 0 Å². The predicted molar refractivity (Wildman–Crippen MR) is 107 cm³/mol. The van der Waals surface area contributed by atoms with E-state index in [1.165, 1.54) is 12.1 Å². The molecule has 2 rings (SSSR count). The highest BCUT2D eigenvalue weighted by Gasteiger charge is 2.26. The lowest BCUT2D eigenvalue weighted by atomic mass is 9.94. The van der Waals surface area contributed by atoms with Crippen molar-refractivity contribution < 1.29 is 29.0 Å². The lowest BCUT2D eigenvalue weighted by molar-refractivity contribution is -0.147. The number of imide groups is 1. The van der Waals surface area contributed by atoms with Crippen LogP contribution in [0.4, 0.5) is 9.59 Å². The number of amides is 2. The van der Waals surface area contributed by atoms with E-state index in [1.807, 2.05) is 51.2 Å². The molecule has 154 valence electrons. The fourth-order valence-corrected chi connectivity index (χ4v) is 2.83. The standard InChI is InChI=1S/C22H25NO6/c1-13(2)16-11-8-12-17(14(3)4)19(16)29-22(27)23-21(26)28-18(20(24)25)15-9-6-5-7-10-15/h5-14,18H,1-4H3,(H,24,25)(H,23,26,27). The first kappa shape index (κ1) is 21.9. The summed E-state index contributed by atoms with van der Waals surface area (Å²) in [4.78, 5) is 35.8. The van der Waals surface area contributed by atoms with E-state index in [4.69, 9.17) is 9.47 Å². The van der Waals surface area contributed by atoms with Crippen molar-refractivity contribution in [3.63, 3.8) is 0 Å². The third kappa shape index (κ3) is 5.81. The number of rotatable bonds is 6. The van der Waals surface area contributed by atoms with Crippen LogP contribution in [0.15, 0.2) is 48.5 Å². The number of ether oxygens (including phenoxy) is 2. The maximum atomic E-state index is 12.3. The summed E-state index contributed by atoms with van der Waals surface area (Å²) in [5.74, 6) is -0.775. The molecule has 0 saturated carbocycles. The average Bonchev–Trinajstić information content (AvgIpc) is 2.66. The Hall–Kier alpha value is -3.35. The summed E-state index contributed by atoms with van der Waals surface area (Å²) < 4.78 is 10.3. The molecule has 2 aromatic rings. The van der Waals surface area contributed by atoms with Crippen LogP contribution >= 0.6 is 0 Å². The van der Waals surface area contributed by atoms with Crippen molar-refractivity contribution in [3.8, 4) is 5.75 Å². The van der Waals surface area contributed by atoms with Crippen molar-refractivity contribution >= 4 is 18.2 Å². The minimum absolute atomic E-state index is 0.0953. The number of aliphatic carboxylic acids is 1. The van der Waals surface area contributed by atoms with Crippen LogP contribution in [-0.2, 0) is 9.53 Å². The van der Waals surface area contributed by atoms with Crippen molar-refractivity contribution in [3.05, 3.63) is 65.2 Å². The van der Waals surface area contributed by atoms with Gasteiger partial charge in [0.15, 0.2) is 0 Å². The first-order valence-corrected chi connectivity index (χ1v) is 9.30. The molecule has 29 heavy (non-hydrogen) atoms. The quantitative estimate of drug-likeness (QED) is 0.710. The van der Waals surface area contributed by atoms with Crippen LogP contribution in [-0.4, -0.2) is 23.3 Å². The third-order valence-electron chi connectivity index (χ3n) is 4.27. The number of carboxylic acid groups (broad SMARTS) is 1. The maximum Gasteiger partial charge on any atom is 0.422 e. The molecule has 0 aliphatic rings. The molecule has 0 radical (unpaired) electrons. The lowest BCUT2D eigenvalue weighted by Crippen LogP contribution is -2.36. The molecule has 1 unspecified atom stereocenters. The van der Waals surface area contributed by atoms with Gasteiger partial charge >= 0.3 is 18.2 Å². The largest absolute Gasteiger partial charge is 0.478 e. The second-order valence-corrected chi connectivity index (χ2v) is 7.12. The molecule has 7 nitrogen and oxygen atoms in total. The van der Waals surface area contributed by atoms with Gasteiger partial charge in [-0.25, -0.2) is 19.7 Å². The molecule has 0 heterocycles. The van der Waals surface area contributed by atoms with Crippen molar-refractivity contribution in [1.29, 1.82) is 0 Å². The highest BCUT2D eigenvalue weighted by Crippen LogP contribution is 2.34. The van der Waals surface area contributed by atoms with Gasteiger partial charge in [0, 0.05) is 5.56 Å². The molecule has 2 N–H and O–H groups in total. The zero-order chi connectivity index (χ0) is 21.6. The fourth-order valence-electron chi connectivity index (χ4n) is 2.83. The van der Waals surface area contributed by atoms with E-state index < -0.39 is 24.3 Å². The Morgan fingerprint density at radius 3 is 1.86 bits per heavy atom. The van der Waals surface area contributed by atoms with Gasteiger partial charge in [-0.15, -0.1) is 0 Å². The normalized spacial score (nSPS) is 11.8. The molecule has 0 aliphatic heterocycles. The van der Waals surface area contributed by atoms with Crippen molar-refractivity contribution in [2.24, 2.45) is 0 Å². The topological polar surface area (TPSA) is 102 Å². The van der Waals surface area contributed by atoms with Crippen LogP contribution in [0.3, 0.4) is 0 Å². The van der Waals surface area contributed by atoms with E-state index in [0.29, 0.717) is 5.75 Å². The number of nitrogens with one attached hydrogen (secondary N) is 1. The van der Waals surface area contributed by atoms with Crippen LogP contribution in [0.2, 0.25) is 0 Å². The zero-order valence-corrected chi connectivity index (χ0v) is 16.8. The Kier molecular flexibility index (Phi) is 7.36. The first-order chi connectivity index (χ1) is 13.7. The number of hydrogen-bond acceptors (Lipinski definition) is 5. The summed E-state index contributed by atoms with van der Waals surface area (Å²) in [6.07, 6.45) is -3.79. The summed E-state index contributed by atoms with van der Waals surface area (Å²) in [7, 11) is 0. The molecule has 0 spiro atoms. The number of hydrogen-bond donors (Lipinski definition) is 2. The first-order valence-electron chi connectivity index (χ1n) is 9.30. The summed E-state index contributed by atoms with van der Waals surface area (Å²) in [5.41, 5.74) is 1.93. The molecular weight excluding hydrogens is 374 g/mol. The van der Waals surface area contributed by atoms with Gasteiger partial charge in [0.05, 0.1) is 0 Å². The minimum atomic E-state index is -1.54. The summed E-state index contributed by atoms with van der Waals surface area (Å²) in [6, 6.07) is 13.6. The summed E-state index contributed by atoms with van der Waals surface area (Å²) in [6.45, 7) is 7.87. The second-order valence-electron chi connectivity index (χ2n) is 7.12. The SMILES string of the molecule is CC(C)c1cccc(C(C)C)c1OC(=O)NC(=O)OC(C(=O)O)c1ccccc1. The van der Waals surface area contributed by atoms with Gasteiger partial charge < -0.3 is 14.6 Å². The average molecular weight is 399 g/mol. The lowest BCUT2D eigenvalue weighted by Gasteiger charge is -2.19. The zero-order valence-electron chi connectivity index (χ0n) is 16.8. The molecule has 0 fully saturated rings. The van der Waals surface area contributed by atoms with Gasteiger partial charge in [-0.1, -0.05) is 76.2 Å². The van der Waals surface area contributed by atoms with Crippen LogP contribution in [0.1, 0.15) is 62.3 Å². The number of carboxylic acids is 1. The van der Waals surface area contributed by atoms with Gasteiger partial charge in [-0.05, 0) is 23.0 Å². The van der Waals surface area contributed by atoms with Crippen molar-refractivity contribution in [2.45, 2.75) is 45.6 Å². The predicted octanol–water partition coefficient (Wildman–Crippen LogP) is 4.98. The van der Waals surface area contributed by atoms with Crippen LogP contribution < -0.4 is 10.1 Å². The molecule has 1 atom stereocenters. The molecular formula is C22H25NO6. The molecule has 0 bridgehead atoms. The second kappa shape index (κ2) is 9.73. The Labute approximate surface area is 169 Å². The Bertz CT molecular complexity index is 850. The van der Waals surface area contributed by atoms with Crippen molar-refractivity contribution in [2.75, 3.05) is 0 Å². The van der Waals surface area contributed by atoms with Gasteiger partial charge in [0.2, 0.25) is 6.10 Å². The number of benzene rings is 2. The molecule has 0 aliphatic carbocycles. The Morgan fingerprint density at radius 2 is 1.38 bits per heavy atom. The fraction of sp³-hybridized carbons (Fsp3) is 0.318. The summed E-state index contributed by atoms with van der Waals surface area (Å²) >= 11 is 0. The number of carbonyl (C=O) groups excluding carboxylic acids is 2. The highest BCUT2D eigenvalue weighted by molar-refractivity contribution is 5.90. The molecule has 0 aromatic heterocycles. The number of carbonyl (C=O) groups is 3. The van der Waals surface area contributed by atoms with Crippen molar-refractivity contribution in [1.82, 2.24) is 5.32 Å². The third-order valence-corrected chi connectivity index (χ3v) is 4.27. The van der Waals surface area contributed by atoms with Gasteiger partial charge in [-0.3, -0.25) is 0 Å². The minimum Gasteiger partial charge on any atom is -0.478 e. The smallest absolute Gasteiger partial charge is 0.422 e. The molecule has 2 amide bonds. The maximum absolute atomic E-state index is 12.3. The van der Waals surface area contributed by atoms with E-state index in [-0.39, 0.29) is 17.4 Å². The van der Waals surface area contributed by atoms with Crippen LogP contribution in [0, 0.1) is 0 Å². The highest BCUT2D eigenvalue weighted by atomic mass is 16.6. The van der Waals surface area contributed by atoms with E-state index in [2.05, 4.69) is 0 Å². The number of para-hydroxylation sites is 1. The van der Waals surface area contributed by atoms with E-state index in [1.54, 1.807) is 18.2 Å². The Balaban J connectivity index is 2.13. The van der Waals surface area contributed by atoms with E-state index in [0.717, 1.165) is 11.1 Å². The Morgan fingerprint density at radius 1 is 0.828 bits per heavy atom. The van der Waals surface area contributed by atoms with Gasteiger partial charge in [0.25, 0.3) is 0 Å².